The number of fused-ring (bicyclic) bond motifs is 1. The summed E-state index contributed by atoms with van der Waals surface area (Å²) in [5.41, 5.74) is 3.72. The molecule has 118 valence electrons. The van der Waals surface area contributed by atoms with E-state index in [0.717, 1.165) is 17.2 Å². The van der Waals surface area contributed by atoms with Crippen molar-refractivity contribution in [3.8, 4) is 5.75 Å². The van der Waals surface area contributed by atoms with Gasteiger partial charge in [0.25, 0.3) is 0 Å². The molecule has 1 aliphatic heterocycles. The quantitative estimate of drug-likeness (QED) is 0.768. The fourth-order valence-electron chi connectivity index (χ4n) is 2.71. The monoisotopic (exact) mass is 299 g/mol. The van der Waals surface area contributed by atoms with Crippen LogP contribution in [0.4, 0.5) is 5.69 Å². The summed E-state index contributed by atoms with van der Waals surface area (Å²) in [7, 11) is 0. The summed E-state index contributed by atoms with van der Waals surface area (Å²) in [4.78, 5) is 0. The van der Waals surface area contributed by atoms with Crippen LogP contribution < -0.4 is 10.1 Å². The van der Waals surface area contributed by atoms with Gasteiger partial charge in [-0.15, -0.1) is 0 Å². The standard InChI is InChI=1S/C19H25NO2/c1-18(2,3)12-10-13(19(4,5)6)16-14(11-12)20-17(22-16)15-8-7-9-21-15/h7-11,17,20H,1-6H3/t17-/m0/s1. The Hall–Kier alpha value is -1.90. The van der Waals surface area contributed by atoms with Crippen molar-refractivity contribution in [3.63, 3.8) is 0 Å². The van der Waals surface area contributed by atoms with Crippen LogP contribution in [-0.2, 0) is 10.8 Å². The highest BCUT2D eigenvalue weighted by molar-refractivity contribution is 5.67. The number of hydrogen-bond donors (Lipinski definition) is 1. The Labute approximate surface area is 132 Å². The van der Waals surface area contributed by atoms with Gasteiger partial charge in [-0.25, -0.2) is 0 Å². The minimum Gasteiger partial charge on any atom is -0.463 e. The van der Waals surface area contributed by atoms with E-state index < -0.39 is 0 Å². The molecule has 1 aliphatic rings. The Morgan fingerprint density at radius 1 is 1.00 bits per heavy atom. The highest BCUT2D eigenvalue weighted by Gasteiger charge is 2.33. The average Bonchev–Trinajstić information content (AvgIpc) is 3.03. The topological polar surface area (TPSA) is 34.4 Å². The fraction of sp³-hybridized carbons (Fsp3) is 0.474. The van der Waals surface area contributed by atoms with Gasteiger partial charge in [0.1, 0.15) is 5.75 Å². The lowest BCUT2D eigenvalue weighted by molar-refractivity contribution is 0.220. The first-order chi connectivity index (χ1) is 10.2. The third-order valence-electron chi connectivity index (χ3n) is 4.09. The maximum Gasteiger partial charge on any atom is 0.229 e. The van der Waals surface area contributed by atoms with E-state index in [1.54, 1.807) is 6.26 Å². The van der Waals surface area contributed by atoms with Crippen LogP contribution >= 0.6 is 0 Å². The molecule has 3 rings (SSSR count). The maximum absolute atomic E-state index is 6.17. The van der Waals surface area contributed by atoms with Crippen molar-refractivity contribution in [2.75, 3.05) is 5.32 Å². The second-order valence-corrected chi connectivity index (χ2v) is 8.06. The van der Waals surface area contributed by atoms with Gasteiger partial charge in [-0.2, -0.15) is 0 Å². The predicted molar refractivity (Wildman–Crippen MR) is 89.5 cm³/mol. The first kappa shape index (κ1) is 15.0. The van der Waals surface area contributed by atoms with Crippen LogP contribution in [0.1, 0.15) is 64.7 Å². The summed E-state index contributed by atoms with van der Waals surface area (Å²) >= 11 is 0. The number of benzene rings is 1. The fourth-order valence-corrected chi connectivity index (χ4v) is 2.71. The van der Waals surface area contributed by atoms with E-state index >= 15 is 0 Å². The van der Waals surface area contributed by atoms with Crippen LogP contribution in [0.25, 0.3) is 0 Å². The van der Waals surface area contributed by atoms with E-state index in [1.165, 1.54) is 11.1 Å². The smallest absolute Gasteiger partial charge is 0.229 e. The third kappa shape index (κ3) is 2.60. The van der Waals surface area contributed by atoms with E-state index in [9.17, 15) is 0 Å². The normalized spacial score (nSPS) is 17.8. The number of anilines is 1. The summed E-state index contributed by atoms with van der Waals surface area (Å²) in [6, 6.07) is 8.30. The zero-order chi connectivity index (χ0) is 16.1. The summed E-state index contributed by atoms with van der Waals surface area (Å²) in [5.74, 6) is 1.75. The van der Waals surface area contributed by atoms with Gasteiger partial charge in [0, 0.05) is 5.56 Å². The lowest BCUT2D eigenvalue weighted by Gasteiger charge is -2.26. The van der Waals surface area contributed by atoms with Crippen LogP contribution in [0.3, 0.4) is 0 Å². The largest absolute Gasteiger partial charge is 0.463 e. The van der Waals surface area contributed by atoms with Crippen LogP contribution in [0.5, 0.6) is 5.75 Å². The molecule has 2 aromatic rings. The summed E-state index contributed by atoms with van der Waals surface area (Å²) < 4.78 is 11.7. The maximum atomic E-state index is 6.17. The van der Waals surface area contributed by atoms with E-state index in [0.29, 0.717) is 0 Å². The van der Waals surface area contributed by atoms with Crippen molar-refractivity contribution in [2.24, 2.45) is 0 Å². The molecular weight excluding hydrogens is 274 g/mol. The van der Waals surface area contributed by atoms with Crippen LogP contribution in [-0.4, -0.2) is 0 Å². The first-order valence-electron chi connectivity index (χ1n) is 7.82. The third-order valence-corrected chi connectivity index (χ3v) is 4.09. The van der Waals surface area contributed by atoms with Crippen molar-refractivity contribution in [1.29, 1.82) is 0 Å². The Kier molecular flexibility index (Phi) is 3.28. The summed E-state index contributed by atoms with van der Waals surface area (Å²) in [6.45, 7) is 13.4. The summed E-state index contributed by atoms with van der Waals surface area (Å²) in [5, 5.41) is 3.45. The molecular formula is C19H25NO2. The Morgan fingerprint density at radius 2 is 1.73 bits per heavy atom. The van der Waals surface area contributed by atoms with Gasteiger partial charge in [-0.1, -0.05) is 47.6 Å². The molecule has 0 bridgehead atoms. The summed E-state index contributed by atoms with van der Waals surface area (Å²) in [6.07, 6.45) is 1.43. The molecule has 22 heavy (non-hydrogen) atoms. The molecule has 0 unspecified atom stereocenters. The molecule has 0 saturated carbocycles. The molecule has 1 aromatic heterocycles. The van der Waals surface area contributed by atoms with Gasteiger partial charge in [0.05, 0.1) is 12.0 Å². The van der Waals surface area contributed by atoms with E-state index in [4.69, 9.17) is 9.15 Å². The number of ether oxygens (including phenoxy) is 1. The van der Waals surface area contributed by atoms with Gasteiger partial charge >= 0.3 is 0 Å². The van der Waals surface area contributed by atoms with Gasteiger partial charge in [-0.3, -0.25) is 0 Å². The molecule has 0 fully saturated rings. The van der Waals surface area contributed by atoms with Crippen molar-refractivity contribution in [2.45, 2.75) is 58.6 Å². The number of furan rings is 1. The van der Waals surface area contributed by atoms with Gasteiger partial charge < -0.3 is 14.5 Å². The highest BCUT2D eigenvalue weighted by atomic mass is 16.5. The second kappa shape index (κ2) is 4.80. The minimum atomic E-state index is -0.249. The van der Waals surface area contributed by atoms with Crippen molar-refractivity contribution in [1.82, 2.24) is 0 Å². The van der Waals surface area contributed by atoms with Crippen LogP contribution in [0.15, 0.2) is 34.9 Å². The number of rotatable bonds is 1. The molecule has 1 aromatic carbocycles. The zero-order valence-electron chi connectivity index (χ0n) is 14.3. The van der Waals surface area contributed by atoms with Gasteiger partial charge in [-0.05, 0) is 34.6 Å². The SMILES string of the molecule is CC(C)(C)c1cc2c(c(C(C)(C)C)c1)O[C@@H](c1ccco1)N2. The number of hydrogen-bond acceptors (Lipinski definition) is 3. The lowest BCUT2D eigenvalue weighted by Crippen LogP contribution is -2.17. The molecule has 0 spiro atoms. The van der Waals surface area contributed by atoms with Crippen molar-refractivity contribution < 1.29 is 9.15 Å². The molecule has 2 heterocycles. The van der Waals surface area contributed by atoms with E-state index in [2.05, 4.69) is 59.0 Å². The van der Waals surface area contributed by atoms with E-state index in [1.807, 2.05) is 12.1 Å². The second-order valence-electron chi connectivity index (χ2n) is 8.06. The molecule has 0 radical (unpaired) electrons. The zero-order valence-corrected chi connectivity index (χ0v) is 14.3. The van der Waals surface area contributed by atoms with Crippen LogP contribution in [0.2, 0.25) is 0 Å². The van der Waals surface area contributed by atoms with Gasteiger partial charge in [0.2, 0.25) is 6.23 Å². The Morgan fingerprint density at radius 3 is 2.27 bits per heavy atom. The lowest BCUT2D eigenvalue weighted by atomic mass is 9.80. The average molecular weight is 299 g/mol. The molecule has 3 nitrogen and oxygen atoms in total. The molecule has 0 saturated heterocycles. The van der Waals surface area contributed by atoms with Crippen LogP contribution in [0, 0.1) is 0 Å². The Balaban J connectivity index is 2.09. The molecule has 0 amide bonds. The number of nitrogens with one attached hydrogen (secondary N) is 1. The first-order valence-corrected chi connectivity index (χ1v) is 7.82. The molecule has 1 atom stereocenters. The molecule has 3 heteroatoms. The minimum absolute atomic E-state index is 0.0189. The van der Waals surface area contributed by atoms with E-state index in [-0.39, 0.29) is 17.1 Å². The molecule has 1 N–H and O–H groups in total. The Bertz CT molecular complexity index is 673. The van der Waals surface area contributed by atoms with Crippen molar-refractivity contribution >= 4 is 5.69 Å². The molecule has 0 aliphatic carbocycles. The predicted octanol–water partition coefficient (Wildman–Crippen LogP) is 5.38. The van der Waals surface area contributed by atoms with Gasteiger partial charge in [0.15, 0.2) is 5.76 Å². The highest BCUT2D eigenvalue weighted by Crippen LogP contribution is 2.47. The van der Waals surface area contributed by atoms with Crippen molar-refractivity contribution in [3.05, 3.63) is 47.4 Å².